The number of hydrogen-bond acceptors (Lipinski definition) is 2. The van der Waals surface area contributed by atoms with Crippen LogP contribution in [0.4, 0.5) is 22.7 Å². The Hall–Kier alpha value is -5.86. The summed E-state index contributed by atoms with van der Waals surface area (Å²) in [4.78, 5) is 5.07. The molecule has 0 aromatic heterocycles. The summed E-state index contributed by atoms with van der Waals surface area (Å²) in [6.07, 6.45) is 4.58. The van der Waals surface area contributed by atoms with Crippen molar-refractivity contribution in [1.29, 1.82) is 0 Å². The molecule has 2 aliphatic rings. The molecule has 240 valence electrons. The Labute approximate surface area is 293 Å². The molecule has 0 atom stereocenters. The van der Waals surface area contributed by atoms with Gasteiger partial charge < -0.3 is 9.80 Å². The highest BCUT2D eigenvalue weighted by Crippen LogP contribution is 2.48. The van der Waals surface area contributed by atoms with Gasteiger partial charge in [0.1, 0.15) is 0 Å². The van der Waals surface area contributed by atoms with Gasteiger partial charge in [0.15, 0.2) is 0 Å². The lowest BCUT2D eigenvalue weighted by Gasteiger charge is -2.32. The van der Waals surface area contributed by atoms with Crippen molar-refractivity contribution in [1.82, 2.24) is 0 Å². The van der Waals surface area contributed by atoms with Crippen LogP contribution in [0.2, 0.25) is 0 Å². The molecule has 8 aromatic rings. The SMILES string of the molecule is c1ccc(-c2c3cc(N4CCCc5ccccc54)ccc3c(-c3ccc4ccccc4c3)c3ccc(N4CCCc5ccccc54)cc23)cc1. The minimum Gasteiger partial charge on any atom is -0.341 e. The minimum absolute atomic E-state index is 1.02. The molecule has 0 radical (unpaired) electrons. The zero-order chi connectivity index (χ0) is 33.0. The molecule has 0 unspecified atom stereocenters. The fourth-order valence-electron chi connectivity index (χ4n) is 8.72. The fourth-order valence-corrected chi connectivity index (χ4v) is 8.72. The third-order valence-electron chi connectivity index (χ3n) is 11.0. The molecule has 2 nitrogen and oxygen atoms in total. The molecule has 8 aromatic carbocycles. The number of nitrogens with zero attached hydrogens (tertiary/aromatic N) is 2. The first-order chi connectivity index (χ1) is 24.8. The summed E-state index contributed by atoms with van der Waals surface area (Å²) in [5, 5.41) is 7.70. The molecule has 0 aliphatic carbocycles. The summed E-state index contributed by atoms with van der Waals surface area (Å²) in [6, 6.07) is 59.1. The predicted octanol–water partition coefficient (Wildman–Crippen LogP) is 12.6. The van der Waals surface area contributed by atoms with E-state index in [9.17, 15) is 0 Å². The van der Waals surface area contributed by atoms with Crippen LogP contribution in [-0.4, -0.2) is 13.1 Å². The van der Waals surface area contributed by atoms with E-state index >= 15 is 0 Å². The van der Waals surface area contributed by atoms with Gasteiger partial charge in [0.25, 0.3) is 0 Å². The van der Waals surface area contributed by atoms with E-state index in [1.165, 1.54) is 88.4 Å². The van der Waals surface area contributed by atoms with Crippen LogP contribution in [0.3, 0.4) is 0 Å². The maximum Gasteiger partial charge on any atom is 0.0443 e. The second-order valence-corrected chi connectivity index (χ2v) is 13.9. The van der Waals surface area contributed by atoms with Crippen LogP contribution in [0, 0.1) is 0 Å². The van der Waals surface area contributed by atoms with Gasteiger partial charge in [0.2, 0.25) is 0 Å². The lowest BCUT2D eigenvalue weighted by molar-refractivity contribution is 0.767. The maximum atomic E-state index is 2.54. The molecule has 10 rings (SSSR count). The number of para-hydroxylation sites is 2. The third kappa shape index (κ3) is 4.78. The van der Waals surface area contributed by atoms with E-state index in [1.807, 2.05) is 0 Å². The largest absolute Gasteiger partial charge is 0.341 e. The van der Waals surface area contributed by atoms with Crippen LogP contribution in [0.15, 0.2) is 158 Å². The lowest BCUT2D eigenvalue weighted by Crippen LogP contribution is -2.24. The molecule has 2 heteroatoms. The summed E-state index contributed by atoms with van der Waals surface area (Å²) in [5.41, 5.74) is 13.2. The van der Waals surface area contributed by atoms with E-state index in [-0.39, 0.29) is 0 Å². The van der Waals surface area contributed by atoms with Gasteiger partial charge in [-0.05, 0) is 134 Å². The van der Waals surface area contributed by atoms with Crippen LogP contribution >= 0.6 is 0 Å². The number of benzene rings is 8. The van der Waals surface area contributed by atoms with E-state index in [2.05, 4.69) is 168 Å². The molecule has 2 heterocycles. The van der Waals surface area contributed by atoms with Crippen LogP contribution in [0.1, 0.15) is 24.0 Å². The Morgan fingerprint density at radius 3 is 1.50 bits per heavy atom. The van der Waals surface area contributed by atoms with Gasteiger partial charge in [0, 0.05) is 35.8 Å². The Balaban J connectivity index is 1.29. The summed E-state index contributed by atoms with van der Waals surface area (Å²) in [7, 11) is 0. The van der Waals surface area contributed by atoms with Crippen molar-refractivity contribution in [2.24, 2.45) is 0 Å². The molecule has 2 aliphatic heterocycles. The highest BCUT2D eigenvalue weighted by molar-refractivity contribution is 6.22. The van der Waals surface area contributed by atoms with E-state index in [1.54, 1.807) is 0 Å². The van der Waals surface area contributed by atoms with Gasteiger partial charge in [-0.3, -0.25) is 0 Å². The first-order valence-corrected chi connectivity index (χ1v) is 18.1. The van der Waals surface area contributed by atoms with Gasteiger partial charge >= 0.3 is 0 Å². The van der Waals surface area contributed by atoms with E-state index in [0.717, 1.165) is 38.8 Å². The molecule has 0 N–H and O–H groups in total. The molecule has 0 fully saturated rings. The van der Waals surface area contributed by atoms with Crippen molar-refractivity contribution in [2.45, 2.75) is 25.7 Å². The van der Waals surface area contributed by atoms with Crippen LogP contribution in [0.5, 0.6) is 0 Å². The Kier molecular flexibility index (Phi) is 6.94. The fraction of sp³-hybridized carbons (Fsp3) is 0.125. The monoisotopic (exact) mass is 642 g/mol. The van der Waals surface area contributed by atoms with Crippen molar-refractivity contribution >= 4 is 55.1 Å². The van der Waals surface area contributed by atoms with E-state index < -0.39 is 0 Å². The number of anilines is 4. The van der Waals surface area contributed by atoms with E-state index in [4.69, 9.17) is 0 Å². The molecular formula is C48H38N2. The number of hydrogen-bond donors (Lipinski definition) is 0. The third-order valence-corrected chi connectivity index (χ3v) is 11.0. The van der Waals surface area contributed by atoms with Crippen molar-refractivity contribution in [3.05, 3.63) is 169 Å². The zero-order valence-corrected chi connectivity index (χ0v) is 28.1. The van der Waals surface area contributed by atoms with Crippen LogP contribution < -0.4 is 9.80 Å². The normalized spacial score (nSPS) is 14.2. The Bertz CT molecular complexity index is 2450. The van der Waals surface area contributed by atoms with Crippen molar-refractivity contribution in [3.8, 4) is 22.3 Å². The van der Waals surface area contributed by atoms with Gasteiger partial charge in [-0.25, -0.2) is 0 Å². The highest BCUT2D eigenvalue weighted by atomic mass is 15.1. The van der Waals surface area contributed by atoms with Crippen molar-refractivity contribution < 1.29 is 0 Å². The molecule has 0 spiro atoms. The molecule has 50 heavy (non-hydrogen) atoms. The number of rotatable bonds is 4. The quantitative estimate of drug-likeness (QED) is 0.176. The zero-order valence-electron chi connectivity index (χ0n) is 28.1. The maximum absolute atomic E-state index is 2.54. The van der Waals surface area contributed by atoms with Crippen LogP contribution in [0.25, 0.3) is 54.6 Å². The molecule has 0 bridgehead atoms. The highest BCUT2D eigenvalue weighted by Gasteiger charge is 2.24. The van der Waals surface area contributed by atoms with Gasteiger partial charge in [0.05, 0.1) is 0 Å². The Morgan fingerprint density at radius 1 is 0.360 bits per heavy atom. The van der Waals surface area contributed by atoms with Gasteiger partial charge in [-0.15, -0.1) is 0 Å². The lowest BCUT2D eigenvalue weighted by atomic mass is 9.85. The average molecular weight is 643 g/mol. The van der Waals surface area contributed by atoms with Crippen molar-refractivity contribution in [2.75, 3.05) is 22.9 Å². The first kappa shape index (κ1) is 29.1. The second-order valence-electron chi connectivity index (χ2n) is 13.9. The summed E-state index contributed by atoms with van der Waals surface area (Å²) >= 11 is 0. The molecule has 0 saturated carbocycles. The second kappa shape index (κ2) is 11.9. The van der Waals surface area contributed by atoms with Crippen LogP contribution in [-0.2, 0) is 12.8 Å². The molecule has 0 saturated heterocycles. The average Bonchev–Trinajstić information content (AvgIpc) is 3.19. The number of fused-ring (bicyclic) bond motifs is 5. The Morgan fingerprint density at radius 2 is 0.880 bits per heavy atom. The molecule has 0 amide bonds. The number of aryl methyl sites for hydroxylation is 2. The van der Waals surface area contributed by atoms with Crippen molar-refractivity contribution in [3.63, 3.8) is 0 Å². The summed E-state index contributed by atoms with van der Waals surface area (Å²) < 4.78 is 0. The topological polar surface area (TPSA) is 6.48 Å². The minimum atomic E-state index is 1.02. The first-order valence-electron chi connectivity index (χ1n) is 18.1. The van der Waals surface area contributed by atoms with Gasteiger partial charge in [-0.1, -0.05) is 115 Å². The molecular weight excluding hydrogens is 605 g/mol. The van der Waals surface area contributed by atoms with Gasteiger partial charge in [-0.2, -0.15) is 0 Å². The van der Waals surface area contributed by atoms with E-state index in [0.29, 0.717) is 0 Å². The summed E-state index contributed by atoms with van der Waals surface area (Å²) in [6.45, 7) is 2.04. The predicted molar refractivity (Wildman–Crippen MR) is 213 cm³/mol. The standard InChI is InChI=1S/C48H38N2/c1-2-15-36(16-3-1)47-43-31-39(49-28-10-18-34-13-6-8-20-45(34)49)24-26-41(43)48(38-23-22-33-12-4-5-17-37(33)30-38)42-27-25-40(32-44(42)47)50-29-11-19-35-14-7-9-21-46(35)50/h1-9,12-17,20-27,30-32H,10-11,18-19,28-29H2. The summed E-state index contributed by atoms with van der Waals surface area (Å²) in [5.74, 6) is 0. The smallest absolute Gasteiger partial charge is 0.0443 e.